The third-order valence-corrected chi connectivity index (χ3v) is 3.11. The summed E-state index contributed by atoms with van der Waals surface area (Å²) in [5, 5.41) is 4.42. The molecule has 0 radical (unpaired) electrons. The molecule has 1 aromatic carbocycles. The van der Waals surface area contributed by atoms with Crippen molar-refractivity contribution in [2.75, 3.05) is 37.7 Å². The number of anilines is 1. The van der Waals surface area contributed by atoms with Crippen molar-refractivity contribution in [3.63, 3.8) is 0 Å². The summed E-state index contributed by atoms with van der Waals surface area (Å²) in [6.07, 6.45) is 0. The van der Waals surface area contributed by atoms with Crippen LogP contribution in [0, 0.1) is 11.6 Å². The molecule has 1 fully saturated rings. The Kier molecular flexibility index (Phi) is 6.60. The van der Waals surface area contributed by atoms with Crippen molar-refractivity contribution < 1.29 is 17.7 Å². The van der Waals surface area contributed by atoms with E-state index in [1.807, 2.05) is 4.90 Å². The van der Waals surface area contributed by atoms with E-state index in [2.05, 4.69) is 5.32 Å². The average molecular weight is 304 g/mol. The van der Waals surface area contributed by atoms with Gasteiger partial charge in [0.15, 0.2) is 11.6 Å². The van der Waals surface area contributed by atoms with E-state index in [9.17, 15) is 13.0 Å². The second-order valence-electron chi connectivity index (χ2n) is 4.04. The molecule has 1 aliphatic heterocycles. The van der Waals surface area contributed by atoms with Gasteiger partial charge in [0, 0.05) is 43.7 Å². The van der Waals surface area contributed by atoms with Gasteiger partial charge in [0.2, 0.25) is 0 Å². The van der Waals surface area contributed by atoms with Crippen LogP contribution in [0.3, 0.4) is 0 Å². The molecule has 20 heavy (non-hydrogen) atoms. The molecule has 0 atom stereocenters. The molecule has 7 heteroatoms. The molecule has 1 N–H and O–H groups in total. The number of nitrogens with one attached hydrogen (secondary N) is 1. The van der Waals surface area contributed by atoms with Crippen molar-refractivity contribution in [1.82, 2.24) is 5.32 Å². The molecule has 0 saturated carbocycles. The third-order valence-electron chi connectivity index (χ3n) is 2.83. The Hall–Kier alpha value is -1.47. The Labute approximate surface area is 120 Å². The van der Waals surface area contributed by atoms with Crippen LogP contribution in [0.15, 0.2) is 12.1 Å². The summed E-state index contributed by atoms with van der Waals surface area (Å²) in [6.45, 7) is 2.81. The highest BCUT2D eigenvalue weighted by molar-refractivity contribution is 7.64. The van der Waals surface area contributed by atoms with Gasteiger partial charge in [-0.1, -0.05) is 7.43 Å². The summed E-state index contributed by atoms with van der Waals surface area (Å²) in [5.74, 6) is -1.41. The quantitative estimate of drug-likeness (QED) is 0.854. The SMILES string of the molecule is C.O=S=CCOc1cc(N2CCNCC2)c(F)cc1F. The number of halogens is 2. The molecule has 1 aromatic rings. The number of hydrogen-bond donors (Lipinski definition) is 1. The lowest BCUT2D eigenvalue weighted by Crippen LogP contribution is -2.43. The van der Waals surface area contributed by atoms with Crippen molar-refractivity contribution in [3.8, 4) is 5.75 Å². The zero-order valence-corrected chi connectivity index (χ0v) is 11.0. The van der Waals surface area contributed by atoms with E-state index in [1.54, 1.807) is 0 Å². The first-order chi connectivity index (χ1) is 9.22. The van der Waals surface area contributed by atoms with Gasteiger partial charge in [0.05, 0.1) is 16.9 Å². The summed E-state index contributed by atoms with van der Waals surface area (Å²) in [5.41, 5.74) is 0.327. The van der Waals surface area contributed by atoms with Crippen LogP contribution in [0.4, 0.5) is 14.5 Å². The Morgan fingerprint density at radius 1 is 1.30 bits per heavy atom. The minimum absolute atomic E-state index is 0. The van der Waals surface area contributed by atoms with E-state index in [0.29, 0.717) is 18.8 Å². The second-order valence-corrected chi connectivity index (χ2v) is 4.57. The molecule has 0 amide bonds. The van der Waals surface area contributed by atoms with Gasteiger partial charge in [-0.15, -0.1) is 0 Å². The fourth-order valence-corrected chi connectivity index (χ4v) is 2.05. The van der Waals surface area contributed by atoms with E-state index < -0.39 is 11.6 Å². The Balaban J connectivity index is 0.00000200. The fraction of sp³-hybridized carbons (Fsp3) is 0.462. The minimum Gasteiger partial charge on any atom is -0.485 e. The van der Waals surface area contributed by atoms with Crippen molar-refractivity contribution in [2.45, 2.75) is 7.43 Å². The predicted molar refractivity (Wildman–Crippen MR) is 77.9 cm³/mol. The lowest BCUT2D eigenvalue weighted by atomic mass is 10.2. The Morgan fingerprint density at radius 2 is 2.00 bits per heavy atom. The molecule has 2 rings (SSSR count). The molecule has 4 nitrogen and oxygen atoms in total. The summed E-state index contributed by atoms with van der Waals surface area (Å²) in [7, 11) is 0. The molecular formula is C13H18F2N2O2S. The minimum atomic E-state index is -0.763. The van der Waals surface area contributed by atoms with Crippen molar-refractivity contribution in [2.24, 2.45) is 0 Å². The van der Waals surface area contributed by atoms with Gasteiger partial charge >= 0.3 is 0 Å². The van der Waals surface area contributed by atoms with Gasteiger partial charge in [-0.3, -0.25) is 0 Å². The molecule has 0 aliphatic carbocycles. The van der Waals surface area contributed by atoms with Crippen molar-refractivity contribution in [1.29, 1.82) is 0 Å². The lowest BCUT2D eigenvalue weighted by Gasteiger charge is -2.30. The number of benzene rings is 1. The monoisotopic (exact) mass is 304 g/mol. The zero-order chi connectivity index (χ0) is 13.7. The Morgan fingerprint density at radius 3 is 2.65 bits per heavy atom. The topological polar surface area (TPSA) is 41.6 Å². The molecule has 0 bridgehead atoms. The van der Waals surface area contributed by atoms with E-state index >= 15 is 0 Å². The highest BCUT2D eigenvalue weighted by Crippen LogP contribution is 2.28. The van der Waals surface area contributed by atoms with E-state index in [0.717, 1.165) is 19.2 Å². The van der Waals surface area contributed by atoms with Crippen LogP contribution in [0.25, 0.3) is 0 Å². The van der Waals surface area contributed by atoms with E-state index in [4.69, 9.17) is 4.74 Å². The molecule has 112 valence electrons. The van der Waals surface area contributed by atoms with Gasteiger partial charge < -0.3 is 15.0 Å². The molecule has 1 heterocycles. The largest absolute Gasteiger partial charge is 0.485 e. The van der Waals surface area contributed by atoms with Crippen LogP contribution in [0.5, 0.6) is 5.75 Å². The maximum atomic E-state index is 13.8. The van der Waals surface area contributed by atoms with Crippen LogP contribution in [0.1, 0.15) is 7.43 Å². The fourth-order valence-electron chi connectivity index (χ4n) is 1.93. The maximum Gasteiger partial charge on any atom is 0.168 e. The number of rotatable bonds is 4. The van der Waals surface area contributed by atoms with Gasteiger partial charge in [0.25, 0.3) is 0 Å². The summed E-state index contributed by atoms with van der Waals surface area (Å²) >= 11 is 0.247. The third kappa shape index (κ3) is 4.01. The first-order valence-electron chi connectivity index (χ1n) is 5.90. The smallest absolute Gasteiger partial charge is 0.168 e. The average Bonchev–Trinajstić information content (AvgIpc) is 2.42. The number of piperazine rings is 1. The first-order valence-corrected chi connectivity index (χ1v) is 6.70. The van der Waals surface area contributed by atoms with Gasteiger partial charge in [0.1, 0.15) is 12.4 Å². The lowest BCUT2D eigenvalue weighted by molar-refractivity contribution is 0.356. The van der Waals surface area contributed by atoms with E-state index in [-0.39, 0.29) is 31.0 Å². The number of ether oxygens (including phenoxy) is 1. The van der Waals surface area contributed by atoms with Gasteiger partial charge in [-0.05, 0) is 0 Å². The highest BCUT2D eigenvalue weighted by atomic mass is 32.1. The first kappa shape index (κ1) is 16.6. The van der Waals surface area contributed by atoms with Crippen LogP contribution >= 0.6 is 0 Å². The predicted octanol–water partition coefficient (Wildman–Crippen LogP) is 1.40. The highest BCUT2D eigenvalue weighted by Gasteiger charge is 2.18. The zero-order valence-electron chi connectivity index (χ0n) is 10.2. The van der Waals surface area contributed by atoms with Gasteiger partial charge in [-0.25, -0.2) is 13.0 Å². The second kappa shape index (κ2) is 7.96. The molecule has 0 unspecified atom stereocenters. The van der Waals surface area contributed by atoms with Crippen molar-refractivity contribution in [3.05, 3.63) is 23.8 Å². The Bertz CT molecular complexity index is 501. The molecule has 1 saturated heterocycles. The van der Waals surface area contributed by atoms with Crippen LogP contribution in [0.2, 0.25) is 0 Å². The van der Waals surface area contributed by atoms with Crippen LogP contribution in [-0.2, 0) is 11.3 Å². The maximum absolute atomic E-state index is 13.8. The molecule has 1 aliphatic rings. The standard InChI is InChI=1S/C12H14F2N2O2S.CH4/c13-9-7-10(14)12(18-5-6-19-17)8-11(9)16-3-1-15-2-4-16;/h6-8,15H,1-5H2;1H4. The number of hydrogen-bond acceptors (Lipinski definition) is 4. The summed E-state index contributed by atoms with van der Waals surface area (Å²) < 4.78 is 42.6. The van der Waals surface area contributed by atoms with Crippen LogP contribution < -0.4 is 15.0 Å². The number of nitrogens with zero attached hydrogens (tertiary/aromatic N) is 1. The molecule has 0 aromatic heterocycles. The summed E-state index contributed by atoms with van der Waals surface area (Å²) in [4.78, 5) is 1.84. The van der Waals surface area contributed by atoms with Gasteiger partial charge in [-0.2, -0.15) is 0 Å². The van der Waals surface area contributed by atoms with E-state index in [1.165, 1.54) is 11.4 Å². The van der Waals surface area contributed by atoms with Crippen molar-refractivity contribution >= 4 is 22.3 Å². The summed E-state index contributed by atoms with van der Waals surface area (Å²) in [6, 6.07) is 2.16. The molecule has 0 spiro atoms. The molecular weight excluding hydrogens is 286 g/mol. The normalized spacial score (nSPS) is 14.4. The van der Waals surface area contributed by atoms with Crippen LogP contribution in [-0.4, -0.2) is 42.4 Å².